The van der Waals surface area contributed by atoms with Crippen molar-refractivity contribution in [3.63, 3.8) is 0 Å². The van der Waals surface area contributed by atoms with Gasteiger partial charge in [0.1, 0.15) is 17.3 Å². The Morgan fingerprint density at radius 2 is 2.09 bits per heavy atom. The van der Waals surface area contributed by atoms with Gasteiger partial charge >= 0.3 is 5.97 Å². The first kappa shape index (κ1) is 22.6. The molecule has 6 heteroatoms. The third-order valence-corrected chi connectivity index (χ3v) is 7.12. The van der Waals surface area contributed by atoms with Crippen LogP contribution in [0.4, 0.5) is 4.39 Å². The summed E-state index contributed by atoms with van der Waals surface area (Å²) in [5, 5.41) is 9.34. The molecule has 2 atom stereocenters. The molecule has 172 valence electrons. The molecule has 1 aliphatic heterocycles. The molecule has 0 saturated heterocycles. The molecule has 1 aromatic rings. The van der Waals surface area contributed by atoms with E-state index < -0.39 is 17.7 Å². The minimum Gasteiger partial charge on any atom is -0.493 e. The smallest absolute Gasteiger partial charge is 0.352 e. The number of hydrogen-bond acceptors (Lipinski definition) is 3. The van der Waals surface area contributed by atoms with Gasteiger partial charge in [-0.05, 0) is 68.4 Å². The summed E-state index contributed by atoms with van der Waals surface area (Å²) in [5.74, 6) is -1.14. The molecule has 5 nitrogen and oxygen atoms in total. The molecule has 1 N–H and O–H groups in total. The average Bonchev–Trinajstić information content (AvgIpc) is 3.46. The summed E-state index contributed by atoms with van der Waals surface area (Å²) >= 11 is 0. The Labute approximate surface area is 188 Å². The van der Waals surface area contributed by atoms with E-state index >= 15 is 4.39 Å². The highest BCUT2D eigenvalue weighted by Crippen LogP contribution is 2.47. The third kappa shape index (κ3) is 4.45. The van der Waals surface area contributed by atoms with Gasteiger partial charge in [0.25, 0.3) is 5.91 Å². The van der Waals surface area contributed by atoms with Gasteiger partial charge in [-0.25, -0.2) is 9.18 Å². The van der Waals surface area contributed by atoms with E-state index in [4.69, 9.17) is 4.74 Å². The molecule has 2 aliphatic carbocycles. The number of aliphatic carboxylic acids is 1. The number of benzene rings is 1. The van der Waals surface area contributed by atoms with E-state index in [1.54, 1.807) is 6.07 Å². The van der Waals surface area contributed by atoms with Crippen molar-refractivity contribution in [3.05, 3.63) is 53.0 Å². The molecule has 0 radical (unpaired) electrons. The van der Waals surface area contributed by atoms with E-state index in [0.717, 1.165) is 49.0 Å². The molecule has 2 fully saturated rings. The number of carboxylic acid groups (broad SMARTS) is 1. The van der Waals surface area contributed by atoms with Crippen molar-refractivity contribution >= 4 is 11.9 Å². The zero-order valence-electron chi connectivity index (χ0n) is 19.0. The van der Waals surface area contributed by atoms with E-state index in [1.165, 1.54) is 17.7 Å². The number of ether oxygens (including phenoxy) is 1. The van der Waals surface area contributed by atoms with E-state index in [9.17, 15) is 14.7 Å². The highest BCUT2D eigenvalue weighted by Gasteiger charge is 2.37. The second-order valence-electron chi connectivity index (χ2n) is 9.87. The average molecular weight is 442 g/mol. The highest BCUT2D eigenvalue weighted by atomic mass is 19.1. The van der Waals surface area contributed by atoms with Crippen LogP contribution in [0.1, 0.15) is 80.6 Å². The number of allylic oxidation sites excluding steroid dienone is 1. The predicted molar refractivity (Wildman–Crippen MR) is 120 cm³/mol. The van der Waals surface area contributed by atoms with Gasteiger partial charge < -0.3 is 14.7 Å². The monoisotopic (exact) mass is 441 g/mol. The molecule has 32 heavy (non-hydrogen) atoms. The normalized spacial score (nSPS) is 25.6. The van der Waals surface area contributed by atoms with Gasteiger partial charge in [-0.15, -0.1) is 0 Å². The SMILES string of the molecule is C=C1CC(C)CC(CC)(COc2cc(F)c(C(=O)N3CCC=C3C(=O)O)cc2C2CC2)C1. The molecule has 0 bridgehead atoms. The Morgan fingerprint density at radius 3 is 2.72 bits per heavy atom. The fraction of sp³-hybridized carbons (Fsp3) is 0.538. The minimum absolute atomic E-state index is 0.00271. The molecule has 2 saturated carbocycles. The zero-order valence-corrected chi connectivity index (χ0v) is 19.0. The molecule has 1 aromatic carbocycles. The second kappa shape index (κ2) is 8.72. The Bertz CT molecular complexity index is 980. The van der Waals surface area contributed by atoms with Gasteiger partial charge in [0.15, 0.2) is 0 Å². The number of carbonyl (C=O) groups excluding carboxylic acids is 1. The molecule has 2 unspecified atom stereocenters. The molecule has 4 rings (SSSR count). The van der Waals surface area contributed by atoms with Crippen LogP contribution in [0.15, 0.2) is 36.1 Å². The fourth-order valence-electron chi connectivity index (χ4n) is 5.39. The summed E-state index contributed by atoms with van der Waals surface area (Å²) in [5.41, 5.74) is 1.93. The fourth-order valence-corrected chi connectivity index (χ4v) is 5.39. The van der Waals surface area contributed by atoms with Gasteiger partial charge in [-0.2, -0.15) is 0 Å². The van der Waals surface area contributed by atoms with Crippen molar-refractivity contribution in [1.82, 2.24) is 4.90 Å². The maximum Gasteiger partial charge on any atom is 0.352 e. The first-order valence-corrected chi connectivity index (χ1v) is 11.6. The Balaban J connectivity index is 1.59. The van der Waals surface area contributed by atoms with Gasteiger partial charge in [0.05, 0.1) is 12.2 Å². The highest BCUT2D eigenvalue weighted by molar-refractivity contribution is 6.01. The van der Waals surface area contributed by atoms with Crippen molar-refractivity contribution in [3.8, 4) is 5.75 Å². The van der Waals surface area contributed by atoms with Crippen LogP contribution in [-0.4, -0.2) is 35.0 Å². The molecule has 1 amide bonds. The van der Waals surface area contributed by atoms with Crippen molar-refractivity contribution in [2.75, 3.05) is 13.2 Å². The number of halogens is 1. The quantitative estimate of drug-likeness (QED) is 0.554. The maximum absolute atomic E-state index is 15.1. The lowest BCUT2D eigenvalue weighted by molar-refractivity contribution is -0.134. The molecule has 0 aromatic heterocycles. The molecule has 3 aliphatic rings. The summed E-state index contributed by atoms with van der Waals surface area (Å²) in [6.07, 6.45) is 7.90. The van der Waals surface area contributed by atoms with Crippen molar-refractivity contribution in [1.29, 1.82) is 0 Å². The first-order chi connectivity index (χ1) is 15.2. The summed E-state index contributed by atoms with van der Waals surface area (Å²) in [7, 11) is 0. The minimum atomic E-state index is -1.17. The van der Waals surface area contributed by atoms with E-state index in [-0.39, 0.29) is 29.1 Å². The van der Waals surface area contributed by atoms with Crippen LogP contribution in [0.25, 0.3) is 0 Å². The summed E-state index contributed by atoms with van der Waals surface area (Å²) < 4.78 is 21.4. The largest absolute Gasteiger partial charge is 0.493 e. The lowest BCUT2D eigenvalue weighted by Gasteiger charge is -2.40. The third-order valence-electron chi connectivity index (χ3n) is 7.12. The zero-order chi connectivity index (χ0) is 23.0. The van der Waals surface area contributed by atoms with E-state index in [2.05, 4.69) is 20.4 Å². The van der Waals surface area contributed by atoms with Crippen LogP contribution in [0.2, 0.25) is 0 Å². The van der Waals surface area contributed by atoms with E-state index in [0.29, 0.717) is 24.7 Å². The van der Waals surface area contributed by atoms with Crippen LogP contribution in [0, 0.1) is 17.2 Å². The summed E-state index contributed by atoms with van der Waals surface area (Å²) in [6.45, 7) is 9.37. The number of carboxylic acids is 1. The number of hydrogen-bond donors (Lipinski definition) is 1. The first-order valence-electron chi connectivity index (χ1n) is 11.6. The van der Waals surface area contributed by atoms with Gasteiger partial charge in [0, 0.05) is 18.0 Å². The maximum atomic E-state index is 15.1. The number of rotatable bonds is 7. The van der Waals surface area contributed by atoms with Crippen molar-refractivity contribution in [2.45, 2.75) is 64.7 Å². The van der Waals surface area contributed by atoms with E-state index in [1.807, 2.05) is 0 Å². The standard InChI is InChI=1S/C26H32FNO4/c1-4-26(13-16(2)10-17(3)14-26)15-32-23-12-21(27)20(11-19(23)18-7-8-18)24(29)28-9-5-6-22(28)25(30)31/h6,11-12,17-18H,2,4-5,7-10,13-15H2,1,3H3,(H,30,31). The second-order valence-corrected chi connectivity index (χ2v) is 9.87. The molecule has 1 heterocycles. The Kier molecular flexibility index (Phi) is 6.15. The van der Waals surface area contributed by atoms with Crippen LogP contribution >= 0.6 is 0 Å². The van der Waals surface area contributed by atoms with Gasteiger partial charge in [-0.3, -0.25) is 4.79 Å². The Hall–Kier alpha value is -2.63. The molecule has 0 spiro atoms. The van der Waals surface area contributed by atoms with Gasteiger partial charge in [0.2, 0.25) is 0 Å². The van der Waals surface area contributed by atoms with Crippen LogP contribution in [-0.2, 0) is 4.79 Å². The van der Waals surface area contributed by atoms with Gasteiger partial charge in [-0.1, -0.05) is 32.1 Å². The van der Waals surface area contributed by atoms with Crippen LogP contribution in [0.3, 0.4) is 0 Å². The number of carbonyl (C=O) groups is 2. The van der Waals surface area contributed by atoms with Crippen LogP contribution < -0.4 is 4.74 Å². The van der Waals surface area contributed by atoms with Crippen LogP contribution in [0.5, 0.6) is 5.75 Å². The number of amides is 1. The Morgan fingerprint density at radius 1 is 1.34 bits per heavy atom. The topological polar surface area (TPSA) is 66.8 Å². The molecular formula is C26H32FNO4. The lowest BCUT2D eigenvalue weighted by Crippen LogP contribution is -2.34. The van der Waals surface area contributed by atoms with Crippen molar-refractivity contribution in [2.24, 2.45) is 11.3 Å². The summed E-state index contributed by atoms with van der Waals surface area (Å²) in [6, 6.07) is 2.91. The summed E-state index contributed by atoms with van der Waals surface area (Å²) in [4.78, 5) is 25.6. The predicted octanol–water partition coefficient (Wildman–Crippen LogP) is 5.67. The number of nitrogens with zero attached hydrogens (tertiary/aromatic N) is 1. The molecular weight excluding hydrogens is 409 g/mol. The lowest BCUT2D eigenvalue weighted by atomic mass is 9.67. The van der Waals surface area contributed by atoms with Crippen molar-refractivity contribution < 1.29 is 23.8 Å².